The number of hydrogen-bond acceptors (Lipinski definition) is 3. The van der Waals surface area contributed by atoms with Gasteiger partial charge in [0.1, 0.15) is 17.2 Å². The molecule has 0 aliphatic heterocycles. The number of alkyl carbamates (subject to hydrolysis) is 1. The van der Waals surface area contributed by atoms with Crippen LogP contribution in [0.4, 0.5) is 13.6 Å². The Morgan fingerprint density at radius 2 is 1.38 bits per heavy atom. The minimum Gasteiger partial charge on any atom is -0.444 e. The van der Waals surface area contributed by atoms with E-state index in [1.54, 1.807) is 45.0 Å². The van der Waals surface area contributed by atoms with Crippen molar-refractivity contribution in [3.63, 3.8) is 0 Å². The molecular weight excluding hydrogens is 438 g/mol. The first-order chi connectivity index (χ1) is 16.0. The Labute approximate surface area is 201 Å². The van der Waals surface area contributed by atoms with Crippen molar-refractivity contribution in [1.29, 1.82) is 0 Å². The van der Waals surface area contributed by atoms with Gasteiger partial charge in [0.05, 0.1) is 0 Å². The molecule has 0 bridgehead atoms. The van der Waals surface area contributed by atoms with E-state index in [0.29, 0.717) is 25.9 Å². The molecule has 7 heteroatoms. The lowest BCUT2D eigenvalue weighted by Crippen LogP contribution is -2.33. The highest BCUT2D eigenvalue weighted by Crippen LogP contribution is 2.29. The highest BCUT2D eigenvalue weighted by Gasteiger charge is 2.17. The number of amides is 2. The van der Waals surface area contributed by atoms with Crippen LogP contribution in [0.25, 0.3) is 0 Å². The lowest BCUT2D eigenvalue weighted by Gasteiger charge is -2.20. The average molecular weight is 475 g/mol. The van der Waals surface area contributed by atoms with Gasteiger partial charge in [0.25, 0.3) is 0 Å². The van der Waals surface area contributed by atoms with E-state index in [1.165, 1.54) is 24.3 Å². The Bertz CT molecular complexity index is 863. The molecule has 0 aromatic heterocycles. The molecule has 0 radical (unpaired) electrons. The second-order valence-corrected chi connectivity index (χ2v) is 9.67. The van der Waals surface area contributed by atoms with Crippen LogP contribution in [-0.4, -0.2) is 30.7 Å². The van der Waals surface area contributed by atoms with E-state index >= 15 is 0 Å². The van der Waals surface area contributed by atoms with E-state index < -0.39 is 11.7 Å². The van der Waals surface area contributed by atoms with Gasteiger partial charge >= 0.3 is 6.09 Å². The van der Waals surface area contributed by atoms with Crippen molar-refractivity contribution in [2.24, 2.45) is 5.92 Å². The monoisotopic (exact) mass is 474 g/mol. The molecule has 34 heavy (non-hydrogen) atoms. The molecule has 0 aliphatic carbocycles. The third-order valence-electron chi connectivity index (χ3n) is 5.38. The third kappa shape index (κ3) is 10.3. The van der Waals surface area contributed by atoms with Gasteiger partial charge in [-0.15, -0.1) is 0 Å². The SMILES string of the molecule is C[C@@H](CCNC(=O)OC(C)(C)C)CC(=O)NCCCC(c1ccc(F)cc1)c1ccc(F)cc1. The van der Waals surface area contributed by atoms with E-state index in [4.69, 9.17) is 4.74 Å². The Balaban J connectivity index is 1.76. The zero-order chi connectivity index (χ0) is 25.1. The Morgan fingerprint density at radius 1 is 0.853 bits per heavy atom. The van der Waals surface area contributed by atoms with Crippen LogP contribution in [0.15, 0.2) is 48.5 Å². The minimum atomic E-state index is -0.540. The summed E-state index contributed by atoms with van der Waals surface area (Å²) in [4.78, 5) is 24.0. The lowest BCUT2D eigenvalue weighted by atomic mass is 9.87. The molecular formula is C27H36F2N2O3. The molecule has 0 unspecified atom stereocenters. The minimum absolute atomic E-state index is 0.0176. The topological polar surface area (TPSA) is 67.4 Å². The summed E-state index contributed by atoms with van der Waals surface area (Å²) in [5.41, 5.74) is 1.36. The lowest BCUT2D eigenvalue weighted by molar-refractivity contribution is -0.121. The molecule has 0 fully saturated rings. The maximum absolute atomic E-state index is 13.4. The highest BCUT2D eigenvalue weighted by atomic mass is 19.1. The largest absolute Gasteiger partial charge is 0.444 e. The van der Waals surface area contributed by atoms with Crippen LogP contribution in [0.3, 0.4) is 0 Å². The standard InChI is InChI=1S/C27H36F2N2O3/c1-19(15-17-31-26(33)34-27(2,3)4)18-25(32)30-16-5-6-24(20-7-11-22(28)12-8-20)21-9-13-23(29)14-10-21/h7-14,19,24H,5-6,15-18H2,1-4H3,(H,30,32)(H,31,33)/t19-/m0/s1. The van der Waals surface area contributed by atoms with E-state index in [1.807, 2.05) is 6.92 Å². The van der Waals surface area contributed by atoms with Crippen molar-refractivity contribution < 1.29 is 23.1 Å². The van der Waals surface area contributed by atoms with Crippen LogP contribution >= 0.6 is 0 Å². The van der Waals surface area contributed by atoms with E-state index in [9.17, 15) is 18.4 Å². The summed E-state index contributed by atoms with van der Waals surface area (Å²) in [6, 6.07) is 12.7. The molecule has 0 aliphatic rings. The molecule has 0 heterocycles. The summed E-state index contributed by atoms with van der Waals surface area (Å²) >= 11 is 0. The van der Waals surface area contributed by atoms with Gasteiger partial charge in [0, 0.05) is 25.4 Å². The fourth-order valence-electron chi connectivity index (χ4n) is 3.68. The molecule has 0 spiro atoms. The fraction of sp³-hybridized carbons (Fsp3) is 0.481. The van der Waals surface area contributed by atoms with Gasteiger partial charge < -0.3 is 15.4 Å². The first kappa shape index (κ1) is 27.3. The second kappa shape index (κ2) is 13.1. The summed E-state index contributed by atoms with van der Waals surface area (Å²) in [7, 11) is 0. The van der Waals surface area contributed by atoms with Crippen LogP contribution in [0, 0.1) is 17.6 Å². The maximum Gasteiger partial charge on any atom is 0.407 e. The van der Waals surface area contributed by atoms with Gasteiger partial charge in [-0.3, -0.25) is 4.79 Å². The molecule has 2 rings (SSSR count). The van der Waals surface area contributed by atoms with E-state index in [2.05, 4.69) is 10.6 Å². The van der Waals surface area contributed by atoms with E-state index in [0.717, 1.165) is 24.0 Å². The first-order valence-corrected chi connectivity index (χ1v) is 11.8. The van der Waals surface area contributed by atoms with Gasteiger partial charge in [0.2, 0.25) is 5.91 Å². The second-order valence-electron chi connectivity index (χ2n) is 9.67. The molecule has 2 aromatic carbocycles. The maximum atomic E-state index is 13.4. The molecule has 2 amide bonds. The molecule has 0 saturated heterocycles. The average Bonchev–Trinajstić information content (AvgIpc) is 2.74. The summed E-state index contributed by atoms with van der Waals surface area (Å²) in [5.74, 6) is -0.546. The van der Waals surface area contributed by atoms with Crippen LogP contribution in [0.2, 0.25) is 0 Å². The Hall–Kier alpha value is -2.96. The number of hydrogen-bond donors (Lipinski definition) is 2. The molecule has 186 valence electrons. The number of carbonyl (C=O) groups is 2. The van der Waals surface area contributed by atoms with Crippen molar-refractivity contribution in [2.75, 3.05) is 13.1 Å². The first-order valence-electron chi connectivity index (χ1n) is 11.8. The van der Waals surface area contributed by atoms with Crippen LogP contribution < -0.4 is 10.6 Å². The summed E-state index contributed by atoms with van der Waals surface area (Å²) < 4.78 is 31.9. The van der Waals surface area contributed by atoms with Crippen molar-refractivity contribution in [3.05, 3.63) is 71.3 Å². The van der Waals surface area contributed by atoms with Crippen molar-refractivity contribution in [2.45, 2.75) is 64.9 Å². The smallest absolute Gasteiger partial charge is 0.407 e. The highest BCUT2D eigenvalue weighted by molar-refractivity contribution is 5.76. The fourth-order valence-corrected chi connectivity index (χ4v) is 3.68. The van der Waals surface area contributed by atoms with Gasteiger partial charge in [-0.2, -0.15) is 0 Å². The van der Waals surface area contributed by atoms with Gasteiger partial charge in [-0.25, -0.2) is 13.6 Å². The van der Waals surface area contributed by atoms with Crippen molar-refractivity contribution in [1.82, 2.24) is 10.6 Å². The molecule has 5 nitrogen and oxygen atoms in total. The molecule has 2 N–H and O–H groups in total. The molecule has 2 aromatic rings. The quantitative estimate of drug-likeness (QED) is 0.397. The number of ether oxygens (including phenoxy) is 1. The Kier molecular flexibility index (Phi) is 10.5. The van der Waals surface area contributed by atoms with E-state index in [-0.39, 0.29) is 29.4 Å². The van der Waals surface area contributed by atoms with Crippen LogP contribution in [0.1, 0.15) is 70.4 Å². The number of halogens is 2. The zero-order valence-electron chi connectivity index (χ0n) is 20.5. The summed E-state index contributed by atoms with van der Waals surface area (Å²) in [6.45, 7) is 8.35. The van der Waals surface area contributed by atoms with Crippen molar-refractivity contribution >= 4 is 12.0 Å². The predicted molar refractivity (Wildman–Crippen MR) is 130 cm³/mol. The molecule has 1 atom stereocenters. The predicted octanol–water partition coefficient (Wildman–Crippen LogP) is 5.93. The Morgan fingerprint density at radius 3 is 1.88 bits per heavy atom. The van der Waals surface area contributed by atoms with Crippen molar-refractivity contribution in [3.8, 4) is 0 Å². The number of rotatable bonds is 11. The number of carbonyl (C=O) groups excluding carboxylic acids is 2. The normalized spacial score (nSPS) is 12.3. The summed E-state index contributed by atoms with van der Waals surface area (Å²) in [5, 5.41) is 5.66. The molecule has 0 saturated carbocycles. The van der Waals surface area contributed by atoms with Gasteiger partial charge in [-0.05, 0) is 81.3 Å². The van der Waals surface area contributed by atoms with Gasteiger partial charge in [0.15, 0.2) is 0 Å². The number of benzene rings is 2. The zero-order valence-corrected chi connectivity index (χ0v) is 20.5. The van der Waals surface area contributed by atoms with Crippen LogP contribution in [0.5, 0.6) is 0 Å². The van der Waals surface area contributed by atoms with Crippen LogP contribution in [-0.2, 0) is 9.53 Å². The number of nitrogens with one attached hydrogen (secondary N) is 2. The van der Waals surface area contributed by atoms with Gasteiger partial charge in [-0.1, -0.05) is 31.2 Å². The third-order valence-corrected chi connectivity index (χ3v) is 5.38. The summed E-state index contributed by atoms with van der Waals surface area (Å²) in [6.07, 6.45) is 2.03.